The number of nitrogens with one attached hydrogen (secondary N) is 2. The van der Waals surface area contributed by atoms with Gasteiger partial charge in [0.05, 0.1) is 50.7 Å². The molecule has 23 nitrogen and oxygen atoms in total. The van der Waals surface area contributed by atoms with Gasteiger partial charge in [0.25, 0.3) is 5.79 Å². The summed E-state index contributed by atoms with van der Waals surface area (Å²) in [6.07, 6.45) is 29.9. The number of carbonyl (C=O) groups excluding carboxylic acids is 2. The highest BCUT2D eigenvalue weighted by Crippen LogP contribution is 2.39. The average molecular weight is 1440 g/mol. The Labute approximate surface area is 601 Å². The summed E-state index contributed by atoms with van der Waals surface area (Å²) in [4.78, 5) is 38.6. The summed E-state index contributed by atoms with van der Waals surface area (Å²) in [5.74, 6) is -6.09. The molecule has 0 saturated carbocycles. The first-order chi connectivity index (χ1) is 48.4. The van der Waals surface area contributed by atoms with Gasteiger partial charge in [-0.15, -0.1) is 0 Å². The van der Waals surface area contributed by atoms with Gasteiger partial charge in [-0.1, -0.05) is 303 Å². The number of hydrogen-bond donors (Lipinski definition) is 14. The van der Waals surface area contributed by atoms with E-state index in [4.69, 9.17) is 28.4 Å². The third kappa shape index (κ3) is 37.3. The summed E-state index contributed by atoms with van der Waals surface area (Å²) >= 11 is 0. The van der Waals surface area contributed by atoms with Gasteiger partial charge in [0.15, 0.2) is 12.6 Å². The van der Waals surface area contributed by atoms with E-state index in [1.807, 2.05) is 0 Å². The van der Waals surface area contributed by atoms with Gasteiger partial charge in [-0.3, -0.25) is 9.59 Å². The first-order valence-electron chi connectivity index (χ1n) is 40.4. The maximum Gasteiger partial charge on any atom is 0.364 e. The van der Waals surface area contributed by atoms with Crippen LogP contribution in [0.5, 0.6) is 0 Å². The van der Waals surface area contributed by atoms with E-state index in [0.29, 0.717) is 19.3 Å². The van der Waals surface area contributed by atoms with Gasteiger partial charge < -0.3 is 100 Å². The second-order valence-electron chi connectivity index (χ2n) is 29.6. The maximum absolute atomic E-state index is 13.5. The van der Waals surface area contributed by atoms with Gasteiger partial charge in [0.2, 0.25) is 11.8 Å². The normalized spacial score (nSPS) is 26.9. The number of carbonyl (C=O) groups is 3. The standard InChI is InChI=1S/C77H146N2O21/c1-4-6-8-10-12-14-16-18-19-20-21-22-23-24-25-26-27-28-29-30-31-32-33-34-35-36-37-39-41-43-45-47-49-51-64(87)79-58(59(84)50-48-46-44-42-40-38-17-15-13-11-9-7-5-2)56-95-74-69(91)68(90)71(63(55-82)97-74)98-75-70(92)73(67(89)62(54-81)96-75)100-77(76(93)94)52-60(85)65(78-57(3)83)72(99-77)66(88)61(86)53-80/h58-63,65-75,80-82,84-86,88-92H,4-56H2,1-3H3,(H,78,83)(H,79,87)(H,93,94). The van der Waals surface area contributed by atoms with Gasteiger partial charge in [0, 0.05) is 19.8 Å². The first kappa shape index (κ1) is 91.9. The van der Waals surface area contributed by atoms with Gasteiger partial charge in [-0.2, -0.15) is 0 Å². The van der Waals surface area contributed by atoms with Crippen molar-refractivity contribution in [3.63, 3.8) is 0 Å². The summed E-state index contributed by atoms with van der Waals surface area (Å²) in [5, 5.41) is 136. The van der Waals surface area contributed by atoms with Crippen LogP contribution in [0.15, 0.2) is 0 Å². The van der Waals surface area contributed by atoms with Crippen LogP contribution in [-0.2, 0) is 42.8 Å². The van der Waals surface area contributed by atoms with Crippen LogP contribution >= 0.6 is 0 Å². The van der Waals surface area contributed by atoms with Crippen LogP contribution < -0.4 is 10.6 Å². The number of carboxylic acid groups (broad SMARTS) is 1. The monoisotopic (exact) mass is 1440 g/mol. The van der Waals surface area contributed by atoms with Crippen LogP contribution in [-0.4, -0.2) is 215 Å². The second kappa shape index (κ2) is 57.0. The van der Waals surface area contributed by atoms with Crippen molar-refractivity contribution in [3.05, 3.63) is 0 Å². The summed E-state index contributed by atoms with van der Waals surface area (Å²) < 4.78 is 34.9. The molecule has 0 aromatic carbocycles. The van der Waals surface area contributed by atoms with E-state index in [1.165, 1.54) is 238 Å². The Balaban J connectivity index is 1.43. The van der Waals surface area contributed by atoms with E-state index in [2.05, 4.69) is 24.5 Å². The van der Waals surface area contributed by atoms with Gasteiger partial charge >= 0.3 is 5.97 Å². The summed E-state index contributed by atoms with van der Waals surface area (Å²) in [5.41, 5.74) is 0. The van der Waals surface area contributed by atoms with E-state index in [9.17, 15) is 75.7 Å². The predicted molar refractivity (Wildman–Crippen MR) is 385 cm³/mol. The molecule has 3 heterocycles. The second-order valence-corrected chi connectivity index (χ2v) is 29.6. The highest BCUT2D eigenvalue weighted by atomic mass is 16.8. The number of aliphatic hydroxyl groups excluding tert-OH is 11. The van der Waals surface area contributed by atoms with Gasteiger partial charge in [-0.05, 0) is 12.8 Å². The molecule has 3 rings (SSSR count). The number of hydrogen-bond acceptors (Lipinski definition) is 20. The molecule has 590 valence electrons. The molecule has 14 N–H and O–H groups in total. The smallest absolute Gasteiger partial charge is 0.364 e. The Bertz CT molecular complexity index is 2000. The van der Waals surface area contributed by atoms with Crippen LogP contribution in [0.3, 0.4) is 0 Å². The zero-order valence-electron chi connectivity index (χ0n) is 62.3. The van der Waals surface area contributed by atoms with E-state index in [0.717, 1.165) is 51.9 Å². The number of ether oxygens (including phenoxy) is 6. The fraction of sp³-hybridized carbons (Fsp3) is 0.961. The number of unbranched alkanes of at least 4 members (excludes halogenated alkanes) is 44. The van der Waals surface area contributed by atoms with Crippen LogP contribution in [0.2, 0.25) is 0 Å². The Kier molecular flexibility index (Phi) is 52.4. The zero-order valence-corrected chi connectivity index (χ0v) is 62.3. The van der Waals surface area contributed by atoms with E-state index < -0.39 is 148 Å². The van der Waals surface area contributed by atoms with Crippen LogP contribution in [0, 0.1) is 0 Å². The topological polar surface area (TPSA) is 373 Å². The van der Waals surface area contributed by atoms with Gasteiger partial charge in [-0.25, -0.2) is 4.79 Å². The molecule has 2 amide bonds. The third-order valence-corrected chi connectivity index (χ3v) is 20.8. The van der Waals surface area contributed by atoms with Crippen molar-refractivity contribution in [2.45, 2.75) is 445 Å². The molecule has 18 atom stereocenters. The molecule has 3 fully saturated rings. The maximum atomic E-state index is 13.5. The quantitative estimate of drug-likeness (QED) is 0.0252. The van der Waals surface area contributed by atoms with Gasteiger partial charge in [0.1, 0.15) is 67.1 Å². The molecule has 3 aliphatic heterocycles. The number of amides is 2. The van der Waals surface area contributed by atoms with Crippen molar-refractivity contribution in [2.24, 2.45) is 0 Å². The van der Waals surface area contributed by atoms with E-state index in [1.54, 1.807) is 0 Å². The molecule has 0 aromatic rings. The predicted octanol–water partition coefficient (Wildman–Crippen LogP) is 10.4. The minimum atomic E-state index is -3.08. The Hall–Kier alpha value is -2.27. The fourth-order valence-electron chi connectivity index (χ4n) is 14.4. The first-order valence-corrected chi connectivity index (χ1v) is 40.4. The molecular formula is C77H146N2O21. The van der Waals surface area contributed by atoms with E-state index in [-0.39, 0.29) is 18.9 Å². The molecule has 23 heteroatoms. The number of aliphatic carboxylic acids is 1. The molecule has 0 radical (unpaired) electrons. The SMILES string of the molecule is CCCCCCCCCCCCCCCCCCCCCCCCCCCCCCCCCCCC(=O)NC(COC1OC(CO)C(OC2OC(CO)C(O)C(OC3(C(=O)O)CC(O)C(NC(C)=O)C(C(O)C(O)CO)O3)C2O)C(O)C1O)C(O)CCCCCCCCCCCCCCC. The van der Waals surface area contributed by atoms with Crippen molar-refractivity contribution >= 4 is 17.8 Å². The average Bonchev–Trinajstić information content (AvgIpc) is 0.756. The molecule has 100 heavy (non-hydrogen) atoms. The molecule has 3 aliphatic rings. The zero-order chi connectivity index (χ0) is 73.2. The lowest BCUT2D eigenvalue weighted by Gasteiger charge is -2.50. The van der Waals surface area contributed by atoms with E-state index >= 15 is 0 Å². The fourth-order valence-corrected chi connectivity index (χ4v) is 14.4. The Morgan fingerprint density at radius 3 is 1.25 bits per heavy atom. The molecule has 0 aromatic heterocycles. The Morgan fingerprint density at radius 1 is 0.480 bits per heavy atom. The van der Waals surface area contributed by atoms with Crippen LogP contribution in [0.25, 0.3) is 0 Å². The lowest BCUT2D eigenvalue weighted by molar-refractivity contribution is -0.386. The van der Waals surface area contributed by atoms with Crippen molar-refractivity contribution in [1.29, 1.82) is 0 Å². The minimum Gasteiger partial charge on any atom is -0.477 e. The number of carboxylic acids is 1. The number of aliphatic hydroxyl groups is 11. The van der Waals surface area contributed by atoms with Crippen LogP contribution in [0.4, 0.5) is 0 Å². The molecule has 3 saturated heterocycles. The summed E-state index contributed by atoms with van der Waals surface area (Å²) in [7, 11) is 0. The molecule has 0 aliphatic carbocycles. The van der Waals surface area contributed by atoms with Crippen LogP contribution in [0.1, 0.15) is 335 Å². The summed E-state index contributed by atoms with van der Waals surface area (Å²) in [6, 6.07) is -2.52. The third-order valence-electron chi connectivity index (χ3n) is 20.8. The Morgan fingerprint density at radius 2 is 0.870 bits per heavy atom. The lowest BCUT2D eigenvalue weighted by atomic mass is 9.88. The molecule has 0 spiro atoms. The molecular weight excluding hydrogens is 1290 g/mol. The highest BCUT2D eigenvalue weighted by Gasteiger charge is 2.60. The van der Waals surface area contributed by atoms with Crippen molar-refractivity contribution in [1.82, 2.24) is 10.6 Å². The highest BCUT2D eigenvalue weighted by molar-refractivity contribution is 5.77. The lowest BCUT2D eigenvalue weighted by Crippen LogP contribution is -2.70. The number of rotatable bonds is 64. The largest absolute Gasteiger partial charge is 0.477 e. The van der Waals surface area contributed by atoms with Crippen molar-refractivity contribution in [2.75, 3.05) is 26.4 Å². The molecule has 0 bridgehead atoms. The summed E-state index contributed by atoms with van der Waals surface area (Å²) in [6.45, 7) is 2.24. The molecule has 18 unspecified atom stereocenters. The van der Waals surface area contributed by atoms with Crippen molar-refractivity contribution < 1.29 is 104 Å². The minimum absolute atomic E-state index is 0.229. The van der Waals surface area contributed by atoms with Crippen molar-refractivity contribution in [3.8, 4) is 0 Å².